The molecule has 80 valence electrons. The molecule has 0 aliphatic carbocycles. The Bertz CT molecular complexity index is 340. The minimum atomic E-state index is -1.07. The maximum atomic E-state index is 10.5. The summed E-state index contributed by atoms with van der Waals surface area (Å²) >= 11 is 0. The van der Waals surface area contributed by atoms with Crippen LogP contribution in [-0.4, -0.2) is 22.6 Å². The highest BCUT2D eigenvalue weighted by atomic mass is 16.4. The molecular formula is C10H12N2O3. The fraction of sp³-hybridized carbons (Fsp3) is 0.300. The van der Waals surface area contributed by atoms with Crippen LogP contribution in [0.5, 0.6) is 0 Å². The summed E-state index contributed by atoms with van der Waals surface area (Å²) in [4.78, 5) is 20.9. The van der Waals surface area contributed by atoms with Crippen molar-refractivity contribution in [3.63, 3.8) is 0 Å². The molecule has 1 N–H and O–H groups in total. The zero-order chi connectivity index (χ0) is 11.3. The monoisotopic (exact) mass is 208 g/mol. The summed E-state index contributed by atoms with van der Waals surface area (Å²) in [6.45, 7) is 1.35. The smallest absolute Gasteiger partial charge is 0.325 e. The molecule has 0 spiro atoms. The Morgan fingerprint density at radius 1 is 1.47 bits per heavy atom. The zero-order valence-corrected chi connectivity index (χ0v) is 8.33. The second-order valence-electron chi connectivity index (χ2n) is 3.16. The normalized spacial score (nSPS) is 11.8. The molecule has 1 rings (SSSR count). The van der Waals surface area contributed by atoms with E-state index in [1.807, 2.05) is 30.3 Å². The Labute approximate surface area is 87.3 Å². The molecule has 0 saturated heterocycles. The van der Waals surface area contributed by atoms with Gasteiger partial charge in [0.05, 0.1) is 11.3 Å². The largest absolute Gasteiger partial charge is 0.480 e. The van der Waals surface area contributed by atoms with Crippen molar-refractivity contribution in [2.24, 2.45) is 5.29 Å². The van der Waals surface area contributed by atoms with E-state index in [4.69, 9.17) is 5.11 Å². The molecule has 0 aliphatic heterocycles. The number of rotatable bonds is 5. The maximum Gasteiger partial charge on any atom is 0.325 e. The average molecular weight is 208 g/mol. The lowest BCUT2D eigenvalue weighted by molar-refractivity contribution is -0.138. The molecule has 0 amide bonds. The van der Waals surface area contributed by atoms with Crippen molar-refractivity contribution in [2.75, 3.05) is 6.54 Å². The van der Waals surface area contributed by atoms with Crippen LogP contribution in [0.25, 0.3) is 0 Å². The molecule has 5 heteroatoms. The van der Waals surface area contributed by atoms with E-state index in [0.717, 1.165) is 10.6 Å². The number of carboxylic acids is 1. The third-order valence-electron chi connectivity index (χ3n) is 2.13. The van der Waals surface area contributed by atoms with E-state index in [1.165, 1.54) is 0 Å². The number of hydrogen-bond donors (Lipinski definition) is 1. The fourth-order valence-corrected chi connectivity index (χ4v) is 1.28. The van der Waals surface area contributed by atoms with E-state index >= 15 is 0 Å². The van der Waals surface area contributed by atoms with Crippen LogP contribution in [0.2, 0.25) is 0 Å². The number of carboxylic acid groups (broad SMARTS) is 1. The van der Waals surface area contributed by atoms with E-state index in [0.29, 0.717) is 0 Å². The van der Waals surface area contributed by atoms with E-state index < -0.39 is 5.97 Å². The number of aliphatic carboxylic acids is 1. The van der Waals surface area contributed by atoms with Gasteiger partial charge in [0.2, 0.25) is 0 Å². The summed E-state index contributed by atoms with van der Waals surface area (Å²) in [7, 11) is 0. The molecule has 15 heavy (non-hydrogen) atoms. The SMILES string of the molecule is C[C@H](c1ccccc1)N(CC(=O)O)N=O. The van der Waals surface area contributed by atoms with E-state index in [-0.39, 0.29) is 12.6 Å². The van der Waals surface area contributed by atoms with Crippen LogP contribution in [0.15, 0.2) is 35.6 Å². The second-order valence-corrected chi connectivity index (χ2v) is 3.16. The molecule has 0 radical (unpaired) electrons. The van der Waals surface area contributed by atoms with Crippen molar-refractivity contribution in [2.45, 2.75) is 13.0 Å². The highest BCUT2D eigenvalue weighted by Crippen LogP contribution is 2.19. The molecule has 5 nitrogen and oxygen atoms in total. The molecule has 0 aromatic heterocycles. The van der Waals surface area contributed by atoms with Crippen molar-refractivity contribution < 1.29 is 9.90 Å². The van der Waals surface area contributed by atoms with Gasteiger partial charge in [0.1, 0.15) is 6.54 Å². The Morgan fingerprint density at radius 3 is 2.53 bits per heavy atom. The quantitative estimate of drug-likeness (QED) is 0.591. The van der Waals surface area contributed by atoms with Crippen molar-refractivity contribution in [1.29, 1.82) is 0 Å². The number of carbonyl (C=O) groups is 1. The van der Waals surface area contributed by atoms with Crippen molar-refractivity contribution in [3.05, 3.63) is 40.8 Å². The van der Waals surface area contributed by atoms with Crippen LogP contribution < -0.4 is 0 Å². The molecule has 1 atom stereocenters. The van der Waals surface area contributed by atoms with Crippen LogP contribution in [0, 0.1) is 4.91 Å². The zero-order valence-electron chi connectivity index (χ0n) is 8.33. The number of benzene rings is 1. The third kappa shape index (κ3) is 3.05. The minimum Gasteiger partial charge on any atom is -0.480 e. The number of nitrogens with zero attached hydrogens (tertiary/aromatic N) is 2. The van der Waals surface area contributed by atoms with Gasteiger partial charge >= 0.3 is 5.97 Å². The van der Waals surface area contributed by atoms with Gasteiger partial charge in [-0.3, -0.25) is 4.79 Å². The molecule has 1 aromatic rings. The lowest BCUT2D eigenvalue weighted by Gasteiger charge is -2.21. The Kier molecular flexibility index (Phi) is 3.79. The van der Waals surface area contributed by atoms with Crippen LogP contribution in [0.3, 0.4) is 0 Å². The molecule has 0 aliphatic rings. The summed E-state index contributed by atoms with van der Waals surface area (Å²) in [5.74, 6) is -1.07. The summed E-state index contributed by atoms with van der Waals surface area (Å²) < 4.78 is 0. The lowest BCUT2D eigenvalue weighted by Crippen LogP contribution is -2.27. The van der Waals surface area contributed by atoms with Gasteiger partial charge in [-0.1, -0.05) is 30.3 Å². The van der Waals surface area contributed by atoms with Gasteiger partial charge in [-0.15, -0.1) is 4.91 Å². The second kappa shape index (κ2) is 5.09. The molecular weight excluding hydrogens is 196 g/mol. The summed E-state index contributed by atoms with van der Waals surface area (Å²) in [5.41, 5.74) is 0.860. The van der Waals surface area contributed by atoms with Gasteiger partial charge in [-0.2, -0.15) is 0 Å². The molecule has 0 fully saturated rings. The van der Waals surface area contributed by atoms with Gasteiger partial charge in [-0.05, 0) is 12.5 Å². The van der Waals surface area contributed by atoms with Crippen molar-refractivity contribution >= 4 is 5.97 Å². The number of nitroso groups, excluding NO2 is 1. The van der Waals surface area contributed by atoms with Crippen LogP contribution in [-0.2, 0) is 4.79 Å². The van der Waals surface area contributed by atoms with Gasteiger partial charge < -0.3 is 5.11 Å². The summed E-state index contributed by atoms with van der Waals surface area (Å²) in [6.07, 6.45) is 0. The van der Waals surface area contributed by atoms with Crippen LogP contribution >= 0.6 is 0 Å². The highest BCUT2D eigenvalue weighted by Gasteiger charge is 2.17. The van der Waals surface area contributed by atoms with E-state index in [1.54, 1.807) is 6.92 Å². The number of hydrogen-bond acceptors (Lipinski definition) is 3. The standard InChI is InChI=1S/C10H12N2O3/c1-8(9-5-3-2-4-6-9)12(11-15)7-10(13)14/h2-6,8H,7H2,1H3,(H,13,14)/t8-/m1/s1. The van der Waals surface area contributed by atoms with Crippen LogP contribution in [0.1, 0.15) is 18.5 Å². The maximum absolute atomic E-state index is 10.5. The predicted octanol–water partition coefficient (Wildman–Crippen LogP) is 1.82. The van der Waals surface area contributed by atoms with E-state index in [2.05, 4.69) is 5.29 Å². The predicted molar refractivity (Wildman–Crippen MR) is 55.0 cm³/mol. The first-order valence-corrected chi connectivity index (χ1v) is 4.51. The molecule has 0 unspecified atom stereocenters. The van der Waals surface area contributed by atoms with Gasteiger partial charge in [-0.25, -0.2) is 5.01 Å². The van der Waals surface area contributed by atoms with E-state index in [9.17, 15) is 9.70 Å². The first-order valence-electron chi connectivity index (χ1n) is 4.51. The lowest BCUT2D eigenvalue weighted by atomic mass is 10.1. The van der Waals surface area contributed by atoms with Crippen molar-refractivity contribution in [3.8, 4) is 0 Å². The molecule has 1 aromatic carbocycles. The summed E-state index contributed by atoms with van der Waals surface area (Å²) in [5, 5.41) is 12.3. The first kappa shape index (κ1) is 11.2. The first-order chi connectivity index (χ1) is 7.15. The Hall–Kier alpha value is -1.91. The van der Waals surface area contributed by atoms with Crippen molar-refractivity contribution in [1.82, 2.24) is 5.01 Å². The summed E-state index contributed by atoms with van der Waals surface area (Å²) in [6, 6.07) is 8.83. The van der Waals surface area contributed by atoms with Gasteiger partial charge in [0.15, 0.2) is 0 Å². The highest BCUT2D eigenvalue weighted by molar-refractivity contribution is 5.69. The topological polar surface area (TPSA) is 70.0 Å². The average Bonchev–Trinajstić information content (AvgIpc) is 2.26. The van der Waals surface area contributed by atoms with Crippen LogP contribution in [0.4, 0.5) is 0 Å². The molecule has 0 heterocycles. The van der Waals surface area contributed by atoms with Gasteiger partial charge in [0, 0.05) is 0 Å². The van der Waals surface area contributed by atoms with Gasteiger partial charge in [0.25, 0.3) is 0 Å². The molecule has 0 saturated carbocycles. The molecule has 0 bridgehead atoms. The fourth-order valence-electron chi connectivity index (χ4n) is 1.28. The minimum absolute atomic E-state index is 0.334. The Morgan fingerprint density at radius 2 is 2.07 bits per heavy atom. The third-order valence-corrected chi connectivity index (χ3v) is 2.13. The Balaban J connectivity index is 2.77.